The number of hydrogen-bond donors (Lipinski definition) is 1. The summed E-state index contributed by atoms with van der Waals surface area (Å²) in [5.41, 5.74) is 2.12. The van der Waals surface area contributed by atoms with Gasteiger partial charge in [-0.15, -0.1) is 0 Å². The van der Waals surface area contributed by atoms with Crippen molar-refractivity contribution in [2.24, 2.45) is 0 Å². The molecular weight excluding hydrogens is 366 g/mol. The molecule has 2 aromatic carbocycles. The molecule has 1 N–H and O–H groups in total. The average molecular weight is 391 g/mol. The van der Waals surface area contributed by atoms with Crippen LogP contribution in [0.5, 0.6) is 11.5 Å². The second-order valence-electron chi connectivity index (χ2n) is 6.51. The number of amides is 1. The van der Waals surface area contributed by atoms with E-state index in [4.69, 9.17) is 9.47 Å². The topological polar surface area (TPSA) is 81.7 Å². The van der Waals surface area contributed by atoms with Crippen LogP contribution in [0.3, 0.4) is 0 Å². The molecule has 0 spiro atoms. The Morgan fingerprint density at radius 2 is 1.52 bits per heavy atom. The molecule has 7 heteroatoms. The van der Waals surface area contributed by atoms with Gasteiger partial charge in [-0.3, -0.25) is 4.79 Å². The Balaban J connectivity index is 2.70. The molecule has 146 valence electrons. The largest absolute Gasteiger partial charge is 0.496 e. The van der Waals surface area contributed by atoms with E-state index in [1.807, 2.05) is 20.8 Å². The number of carbonyl (C=O) groups is 1. The molecule has 6 nitrogen and oxygen atoms in total. The molecule has 0 aliphatic heterocycles. The number of aryl methyl sites for hydroxylation is 1. The molecular formula is C20H25NO5S. The summed E-state index contributed by atoms with van der Waals surface area (Å²) in [5.74, 6) is 1.01. The van der Waals surface area contributed by atoms with Crippen molar-refractivity contribution in [1.82, 2.24) is 5.32 Å². The van der Waals surface area contributed by atoms with Crippen LogP contribution in [-0.4, -0.2) is 29.0 Å². The molecule has 0 saturated heterocycles. The smallest absolute Gasteiger partial charge is 0.208 e. The fourth-order valence-corrected chi connectivity index (χ4v) is 4.42. The number of sulfone groups is 1. The molecule has 1 unspecified atom stereocenters. The molecule has 1 amide bonds. The van der Waals surface area contributed by atoms with Crippen molar-refractivity contribution in [2.75, 3.05) is 14.2 Å². The minimum Gasteiger partial charge on any atom is -0.496 e. The predicted molar refractivity (Wildman–Crippen MR) is 104 cm³/mol. The fourth-order valence-electron chi connectivity index (χ4n) is 2.88. The number of ether oxygens (including phenoxy) is 2. The number of benzene rings is 2. The lowest BCUT2D eigenvalue weighted by atomic mass is 9.98. The standard InChI is InChI=1S/C20H25NO5S/c1-13(2)16-10-17(19(26-5)11-18(16)25-4)20(21-12-22)27(23,24)15-8-6-14(3)7-9-15/h6-13,20H,1-5H3,(H,21,22). The van der Waals surface area contributed by atoms with Crippen molar-refractivity contribution < 1.29 is 22.7 Å². The van der Waals surface area contributed by atoms with Crippen LogP contribution in [0.25, 0.3) is 0 Å². The minimum atomic E-state index is -3.89. The first kappa shape index (κ1) is 20.8. The summed E-state index contributed by atoms with van der Waals surface area (Å²) in [6.45, 7) is 5.83. The average Bonchev–Trinajstić information content (AvgIpc) is 2.65. The van der Waals surface area contributed by atoms with Crippen molar-refractivity contribution >= 4 is 16.2 Å². The van der Waals surface area contributed by atoms with Crippen LogP contribution in [0, 0.1) is 6.92 Å². The highest BCUT2D eigenvalue weighted by atomic mass is 32.2. The summed E-state index contributed by atoms with van der Waals surface area (Å²) in [7, 11) is -0.896. The van der Waals surface area contributed by atoms with Crippen molar-refractivity contribution in [3.8, 4) is 11.5 Å². The maximum Gasteiger partial charge on any atom is 0.208 e. The van der Waals surface area contributed by atoms with E-state index in [2.05, 4.69) is 5.32 Å². The van der Waals surface area contributed by atoms with Gasteiger partial charge in [0.15, 0.2) is 5.37 Å². The first-order valence-electron chi connectivity index (χ1n) is 8.52. The lowest BCUT2D eigenvalue weighted by Crippen LogP contribution is -2.28. The summed E-state index contributed by atoms with van der Waals surface area (Å²) in [4.78, 5) is 11.3. The van der Waals surface area contributed by atoms with Crippen molar-refractivity contribution in [3.63, 3.8) is 0 Å². The normalized spacial score (nSPS) is 12.5. The first-order chi connectivity index (χ1) is 12.8. The van der Waals surface area contributed by atoms with E-state index in [0.717, 1.165) is 11.1 Å². The van der Waals surface area contributed by atoms with Crippen molar-refractivity contribution in [3.05, 3.63) is 53.1 Å². The molecule has 2 aromatic rings. The SMILES string of the molecule is COc1cc(OC)c(C(NC=O)S(=O)(=O)c2ccc(C)cc2)cc1C(C)C. The maximum absolute atomic E-state index is 13.2. The number of rotatable bonds is 8. The third-order valence-corrected chi connectivity index (χ3v) is 6.31. The van der Waals surface area contributed by atoms with Gasteiger partial charge in [0.05, 0.1) is 19.1 Å². The predicted octanol–water partition coefficient (Wildman–Crippen LogP) is 3.35. The Morgan fingerprint density at radius 1 is 0.963 bits per heavy atom. The van der Waals surface area contributed by atoms with E-state index in [1.165, 1.54) is 19.2 Å². The maximum atomic E-state index is 13.2. The molecule has 1 atom stereocenters. The third kappa shape index (κ3) is 4.24. The Kier molecular flexibility index (Phi) is 6.49. The van der Waals surface area contributed by atoms with Gasteiger partial charge < -0.3 is 14.8 Å². The zero-order valence-electron chi connectivity index (χ0n) is 16.1. The monoisotopic (exact) mass is 391 g/mol. The molecule has 27 heavy (non-hydrogen) atoms. The zero-order chi connectivity index (χ0) is 20.2. The molecule has 0 fully saturated rings. The van der Waals surface area contributed by atoms with Crippen LogP contribution < -0.4 is 14.8 Å². The minimum absolute atomic E-state index is 0.0866. The van der Waals surface area contributed by atoms with Gasteiger partial charge in [-0.05, 0) is 36.6 Å². The summed E-state index contributed by atoms with van der Waals surface area (Å²) >= 11 is 0. The molecule has 0 heterocycles. The highest BCUT2D eigenvalue weighted by molar-refractivity contribution is 7.91. The van der Waals surface area contributed by atoms with Gasteiger partial charge >= 0.3 is 0 Å². The van der Waals surface area contributed by atoms with Gasteiger partial charge in [0.1, 0.15) is 11.5 Å². The Bertz CT molecular complexity index is 905. The lowest BCUT2D eigenvalue weighted by molar-refractivity contribution is -0.109. The molecule has 2 rings (SSSR count). The summed E-state index contributed by atoms with van der Waals surface area (Å²) < 4.78 is 37.3. The number of hydrogen-bond acceptors (Lipinski definition) is 5. The third-order valence-electron chi connectivity index (χ3n) is 4.37. The van der Waals surface area contributed by atoms with Crippen molar-refractivity contribution in [1.29, 1.82) is 0 Å². The van der Waals surface area contributed by atoms with Crippen LogP contribution in [0.2, 0.25) is 0 Å². The van der Waals surface area contributed by atoms with E-state index >= 15 is 0 Å². The van der Waals surface area contributed by atoms with Gasteiger partial charge in [0.25, 0.3) is 0 Å². The highest BCUT2D eigenvalue weighted by Gasteiger charge is 2.32. The van der Waals surface area contributed by atoms with Crippen molar-refractivity contribution in [2.45, 2.75) is 37.0 Å². The van der Waals surface area contributed by atoms with Crippen LogP contribution in [0.1, 0.15) is 41.8 Å². The van der Waals surface area contributed by atoms with Crippen LogP contribution in [-0.2, 0) is 14.6 Å². The highest BCUT2D eigenvalue weighted by Crippen LogP contribution is 2.39. The van der Waals surface area contributed by atoms with Gasteiger partial charge in [-0.2, -0.15) is 0 Å². The number of methoxy groups -OCH3 is 2. The Morgan fingerprint density at radius 3 is 2.00 bits per heavy atom. The number of nitrogens with one attached hydrogen (secondary N) is 1. The summed E-state index contributed by atoms with van der Waals surface area (Å²) in [6, 6.07) is 9.86. The molecule has 0 aliphatic carbocycles. The molecule has 0 aliphatic rings. The van der Waals surface area contributed by atoms with E-state index in [0.29, 0.717) is 23.5 Å². The quantitative estimate of drug-likeness (QED) is 0.698. The summed E-state index contributed by atoms with van der Waals surface area (Å²) in [5, 5.41) is 1.16. The lowest BCUT2D eigenvalue weighted by Gasteiger charge is -2.23. The second-order valence-corrected chi connectivity index (χ2v) is 8.55. The van der Waals surface area contributed by atoms with Crippen LogP contribution >= 0.6 is 0 Å². The Hall–Kier alpha value is -2.54. The van der Waals surface area contributed by atoms with Crippen LogP contribution in [0.4, 0.5) is 0 Å². The van der Waals surface area contributed by atoms with E-state index in [-0.39, 0.29) is 10.8 Å². The Labute approximate surface area is 160 Å². The fraction of sp³-hybridized carbons (Fsp3) is 0.350. The van der Waals surface area contributed by atoms with Gasteiger partial charge in [0.2, 0.25) is 16.2 Å². The van der Waals surface area contributed by atoms with E-state index in [1.54, 1.807) is 31.4 Å². The van der Waals surface area contributed by atoms with Gasteiger partial charge in [0, 0.05) is 11.6 Å². The second kappa shape index (κ2) is 8.43. The summed E-state index contributed by atoms with van der Waals surface area (Å²) in [6.07, 6.45) is 0.384. The van der Waals surface area contributed by atoms with E-state index < -0.39 is 15.2 Å². The van der Waals surface area contributed by atoms with Crippen LogP contribution in [0.15, 0.2) is 41.3 Å². The molecule has 0 saturated carbocycles. The van der Waals surface area contributed by atoms with Gasteiger partial charge in [-0.25, -0.2) is 8.42 Å². The first-order valence-corrected chi connectivity index (χ1v) is 10.1. The molecule has 0 aromatic heterocycles. The van der Waals surface area contributed by atoms with E-state index in [9.17, 15) is 13.2 Å². The van der Waals surface area contributed by atoms with Gasteiger partial charge in [-0.1, -0.05) is 31.5 Å². The zero-order valence-corrected chi connectivity index (χ0v) is 17.0. The molecule has 0 bridgehead atoms. The molecule has 0 radical (unpaired) electrons. The number of carbonyl (C=O) groups excluding carboxylic acids is 1.